The van der Waals surface area contributed by atoms with E-state index in [4.69, 9.17) is 4.74 Å². The quantitative estimate of drug-likeness (QED) is 0.813. The molecule has 3 rings (SSSR count). The highest BCUT2D eigenvalue weighted by atomic mass is 16.5. The lowest BCUT2D eigenvalue weighted by molar-refractivity contribution is -0.151. The van der Waals surface area contributed by atoms with Crippen LogP contribution in [0.25, 0.3) is 0 Å². The molecule has 0 spiro atoms. The lowest BCUT2D eigenvalue weighted by atomic mass is 9.91. The third-order valence-electron chi connectivity index (χ3n) is 4.88. The number of nitrogens with one attached hydrogen (secondary N) is 2. The molecule has 130 valence electrons. The predicted octanol–water partition coefficient (Wildman–Crippen LogP) is 1.25. The number of nitrogens with zero attached hydrogens (tertiary/aromatic N) is 1. The Hall–Kier alpha value is -1.92. The van der Waals surface area contributed by atoms with Crippen molar-refractivity contribution in [1.82, 2.24) is 15.8 Å². The van der Waals surface area contributed by atoms with Crippen LogP contribution in [0, 0.1) is 11.8 Å². The second-order valence-electron chi connectivity index (χ2n) is 6.37. The van der Waals surface area contributed by atoms with Gasteiger partial charge in [-0.15, -0.1) is 0 Å². The summed E-state index contributed by atoms with van der Waals surface area (Å²) in [5.41, 5.74) is 7.44. The van der Waals surface area contributed by atoms with E-state index < -0.39 is 0 Å². The van der Waals surface area contributed by atoms with Crippen molar-refractivity contribution in [2.75, 3.05) is 26.2 Å². The molecule has 6 nitrogen and oxygen atoms in total. The van der Waals surface area contributed by atoms with E-state index in [9.17, 15) is 9.59 Å². The van der Waals surface area contributed by atoms with Gasteiger partial charge < -0.3 is 9.64 Å². The first-order valence-electron chi connectivity index (χ1n) is 8.69. The number of hydrogen-bond donors (Lipinski definition) is 2. The maximum absolute atomic E-state index is 12.9. The monoisotopic (exact) mass is 331 g/mol. The number of hydrogen-bond acceptors (Lipinski definition) is 5. The van der Waals surface area contributed by atoms with Gasteiger partial charge in [0.25, 0.3) is 0 Å². The van der Waals surface area contributed by atoms with Gasteiger partial charge in [-0.2, -0.15) is 0 Å². The fraction of sp³-hybridized carbons (Fsp3) is 0.556. The first-order valence-corrected chi connectivity index (χ1v) is 8.69. The number of ether oxygens (including phenoxy) is 1. The topological polar surface area (TPSA) is 70.7 Å². The molecular formula is C18H25N3O3. The van der Waals surface area contributed by atoms with Crippen LogP contribution in [0.2, 0.25) is 0 Å². The largest absolute Gasteiger partial charge is 0.466 e. The maximum atomic E-state index is 12.9. The molecule has 2 aliphatic rings. The minimum absolute atomic E-state index is 0.0125. The van der Waals surface area contributed by atoms with Crippen LogP contribution in [-0.2, 0) is 14.3 Å². The van der Waals surface area contributed by atoms with E-state index in [1.165, 1.54) is 0 Å². The molecule has 2 fully saturated rings. The Balaban J connectivity index is 1.60. The molecule has 2 atom stereocenters. The molecule has 1 aromatic carbocycles. The van der Waals surface area contributed by atoms with Crippen molar-refractivity contribution in [1.29, 1.82) is 0 Å². The van der Waals surface area contributed by atoms with Crippen molar-refractivity contribution in [2.45, 2.75) is 25.8 Å². The third kappa shape index (κ3) is 3.60. The summed E-state index contributed by atoms with van der Waals surface area (Å²) in [5, 5.41) is 0. The number of esters is 1. The summed E-state index contributed by atoms with van der Waals surface area (Å²) in [6.45, 7) is 4.10. The van der Waals surface area contributed by atoms with E-state index in [0.29, 0.717) is 39.1 Å². The van der Waals surface area contributed by atoms with E-state index in [1.54, 1.807) is 0 Å². The number of carbonyl (C=O) groups is 2. The molecule has 2 saturated heterocycles. The zero-order valence-electron chi connectivity index (χ0n) is 14.0. The summed E-state index contributed by atoms with van der Waals surface area (Å²) in [4.78, 5) is 26.6. The Bertz CT molecular complexity index is 570. The van der Waals surface area contributed by atoms with Crippen molar-refractivity contribution < 1.29 is 14.3 Å². The Morgan fingerprint density at radius 3 is 2.58 bits per heavy atom. The zero-order valence-corrected chi connectivity index (χ0v) is 14.0. The molecule has 2 aliphatic heterocycles. The van der Waals surface area contributed by atoms with Crippen molar-refractivity contribution >= 4 is 11.9 Å². The van der Waals surface area contributed by atoms with Crippen molar-refractivity contribution in [3.05, 3.63) is 35.9 Å². The Morgan fingerprint density at radius 1 is 1.21 bits per heavy atom. The molecule has 1 amide bonds. The van der Waals surface area contributed by atoms with Gasteiger partial charge in [-0.3, -0.25) is 15.0 Å². The zero-order chi connectivity index (χ0) is 16.9. The maximum Gasteiger partial charge on any atom is 0.309 e. The van der Waals surface area contributed by atoms with E-state index in [2.05, 4.69) is 10.9 Å². The smallest absolute Gasteiger partial charge is 0.309 e. The molecule has 1 aromatic rings. The van der Waals surface area contributed by atoms with Crippen LogP contribution in [0.1, 0.15) is 31.4 Å². The Labute approximate surface area is 142 Å². The summed E-state index contributed by atoms with van der Waals surface area (Å²) >= 11 is 0. The predicted molar refractivity (Wildman–Crippen MR) is 89.7 cm³/mol. The third-order valence-corrected chi connectivity index (χ3v) is 4.88. The molecule has 0 radical (unpaired) electrons. The average molecular weight is 331 g/mol. The van der Waals surface area contributed by atoms with Crippen LogP contribution in [-0.4, -0.2) is 43.0 Å². The van der Waals surface area contributed by atoms with E-state index >= 15 is 0 Å². The van der Waals surface area contributed by atoms with E-state index in [0.717, 1.165) is 5.56 Å². The van der Waals surface area contributed by atoms with Crippen molar-refractivity contribution in [3.8, 4) is 0 Å². The van der Waals surface area contributed by atoms with Crippen molar-refractivity contribution in [2.24, 2.45) is 11.8 Å². The molecule has 24 heavy (non-hydrogen) atoms. The van der Waals surface area contributed by atoms with Crippen LogP contribution in [0.15, 0.2) is 30.3 Å². The minimum atomic E-state index is -0.129. The molecule has 0 bridgehead atoms. The molecule has 6 heteroatoms. The number of carbonyl (C=O) groups excluding carboxylic acids is 2. The number of likely N-dealkylation sites (tertiary alicyclic amines) is 1. The van der Waals surface area contributed by atoms with Gasteiger partial charge in [0.05, 0.1) is 24.5 Å². The molecular weight excluding hydrogens is 306 g/mol. The van der Waals surface area contributed by atoms with Gasteiger partial charge in [-0.05, 0) is 25.3 Å². The Kier molecular flexibility index (Phi) is 5.48. The van der Waals surface area contributed by atoms with Gasteiger partial charge in [0, 0.05) is 19.6 Å². The van der Waals surface area contributed by atoms with E-state index in [-0.39, 0.29) is 29.8 Å². The lowest BCUT2D eigenvalue weighted by Crippen LogP contribution is -2.45. The van der Waals surface area contributed by atoms with Crippen LogP contribution < -0.4 is 10.9 Å². The summed E-state index contributed by atoms with van der Waals surface area (Å²) in [6, 6.07) is 10.0. The number of benzene rings is 1. The highest BCUT2D eigenvalue weighted by Gasteiger charge is 2.38. The summed E-state index contributed by atoms with van der Waals surface area (Å²) in [6.07, 6.45) is 1.38. The molecule has 0 aliphatic carbocycles. The summed E-state index contributed by atoms with van der Waals surface area (Å²) in [5.74, 6) is -0.162. The molecule has 0 aromatic heterocycles. The SMILES string of the molecule is CCOC(=O)C1CCN(C(=O)C2CNNC2c2ccccc2)CC1. The fourth-order valence-corrected chi connectivity index (χ4v) is 3.53. The summed E-state index contributed by atoms with van der Waals surface area (Å²) < 4.78 is 5.09. The van der Waals surface area contributed by atoms with Crippen LogP contribution in [0.5, 0.6) is 0 Å². The second kappa shape index (κ2) is 7.77. The van der Waals surface area contributed by atoms with Gasteiger partial charge >= 0.3 is 5.97 Å². The van der Waals surface area contributed by atoms with Gasteiger partial charge in [-0.1, -0.05) is 30.3 Å². The number of piperidine rings is 1. The van der Waals surface area contributed by atoms with E-state index in [1.807, 2.05) is 42.2 Å². The minimum Gasteiger partial charge on any atom is -0.466 e. The van der Waals surface area contributed by atoms with Gasteiger partial charge in [0.2, 0.25) is 5.91 Å². The number of hydrazine groups is 1. The average Bonchev–Trinajstić information content (AvgIpc) is 3.12. The standard InChI is InChI=1S/C18H25N3O3/c1-2-24-18(23)14-8-10-21(11-9-14)17(22)15-12-19-20-16(15)13-6-4-3-5-7-13/h3-7,14-16,19-20H,2,8-12H2,1H3. The number of rotatable bonds is 4. The molecule has 0 saturated carbocycles. The first kappa shape index (κ1) is 16.9. The van der Waals surface area contributed by atoms with Gasteiger partial charge in [0.1, 0.15) is 0 Å². The Morgan fingerprint density at radius 2 is 1.92 bits per heavy atom. The molecule has 2 unspecified atom stereocenters. The fourth-order valence-electron chi connectivity index (χ4n) is 3.53. The molecule has 2 heterocycles. The normalized spacial score (nSPS) is 24.8. The molecule has 2 N–H and O–H groups in total. The van der Waals surface area contributed by atoms with Crippen LogP contribution in [0.4, 0.5) is 0 Å². The highest BCUT2D eigenvalue weighted by molar-refractivity contribution is 5.81. The highest BCUT2D eigenvalue weighted by Crippen LogP contribution is 2.28. The first-order chi connectivity index (χ1) is 11.7. The van der Waals surface area contributed by atoms with Gasteiger partial charge in [-0.25, -0.2) is 5.43 Å². The van der Waals surface area contributed by atoms with Crippen molar-refractivity contribution in [3.63, 3.8) is 0 Å². The van der Waals surface area contributed by atoms with Gasteiger partial charge in [0.15, 0.2) is 0 Å². The summed E-state index contributed by atoms with van der Waals surface area (Å²) in [7, 11) is 0. The van der Waals surface area contributed by atoms with Crippen LogP contribution in [0.3, 0.4) is 0 Å². The van der Waals surface area contributed by atoms with Crippen LogP contribution >= 0.6 is 0 Å². The lowest BCUT2D eigenvalue weighted by Gasteiger charge is -2.33. The number of amides is 1. The second-order valence-corrected chi connectivity index (χ2v) is 6.37.